The molecule has 1 saturated heterocycles. The molecule has 0 bridgehead atoms. The van der Waals surface area contributed by atoms with Crippen molar-refractivity contribution < 1.29 is 23.9 Å². The number of hydrogen-bond donors (Lipinski definition) is 2. The third-order valence-corrected chi connectivity index (χ3v) is 8.86. The zero-order valence-electron chi connectivity index (χ0n) is 25.7. The van der Waals surface area contributed by atoms with Crippen LogP contribution in [0.4, 0.5) is 5.69 Å². The predicted molar refractivity (Wildman–Crippen MR) is 181 cm³/mol. The molecule has 234 valence electrons. The van der Waals surface area contributed by atoms with Crippen LogP contribution >= 0.6 is 11.8 Å². The number of ether oxygens (including phenoxy) is 2. The first-order chi connectivity index (χ1) is 22.4. The van der Waals surface area contributed by atoms with Crippen LogP contribution in [0, 0.1) is 11.8 Å². The summed E-state index contributed by atoms with van der Waals surface area (Å²) in [5.74, 6) is 6.72. The highest BCUT2D eigenvalue weighted by Gasteiger charge is 2.42. The largest absolute Gasteiger partial charge is 0.493 e. The van der Waals surface area contributed by atoms with Gasteiger partial charge >= 0.3 is 0 Å². The van der Waals surface area contributed by atoms with Crippen LogP contribution in [0.5, 0.6) is 11.5 Å². The molecule has 0 aliphatic carbocycles. The fourth-order valence-electron chi connectivity index (χ4n) is 5.07. The van der Waals surface area contributed by atoms with Crippen LogP contribution in [-0.2, 0) is 16.0 Å². The van der Waals surface area contributed by atoms with Crippen LogP contribution < -0.4 is 25.4 Å². The Morgan fingerprint density at radius 3 is 2.35 bits per heavy atom. The molecule has 0 unspecified atom stereocenters. The summed E-state index contributed by atoms with van der Waals surface area (Å²) in [4.78, 5) is 40.3. The van der Waals surface area contributed by atoms with Crippen molar-refractivity contribution in [3.63, 3.8) is 0 Å². The number of hydrogen-bond acceptors (Lipinski definition) is 6. The molecule has 0 saturated carbocycles. The Morgan fingerprint density at radius 2 is 1.65 bits per heavy atom. The molecule has 3 amide bonds. The van der Waals surface area contributed by atoms with Crippen molar-refractivity contribution in [3.8, 4) is 23.3 Å². The standard InChI is InChI=1S/C37H35N3O5S/c1-3-45-32-22-27(16-20-31(32)44-2)17-21-34(41)39-24-33-36(43)40(30-11-7-10-29(23-30)35(38)42)37(46-33)28-18-14-26(15-19-28)13-12-25-8-5-4-6-9-25/h4-11,14-16,18-20,22-23,33,37H,3,17,21,24H2,1-2H3,(H2,38,42)(H,39,41)/t33-,37+/m1/s1. The first-order valence-corrected chi connectivity index (χ1v) is 15.9. The molecule has 9 heteroatoms. The minimum atomic E-state index is -0.576. The van der Waals surface area contributed by atoms with Crippen LogP contribution in [-0.4, -0.2) is 43.2 Å². The van der Waals surface area contributed by atoms with Gasteiger partial charge < -0.3 is 20.5 Å². The monoisotopic (exact) mass is 633 g/mol. The molecular weight excluding hydrogens is 598 g/mol. The summed E-state index contributed by atoms with van der Waals surface area (Å²) in [6.45, 7) is 2.57. The maximum atomic E-state index is 13.8. The Bertz CT molecular complexity index is 1770. The first kappa shape index (κ1) is 32.2. The second-order valence-electron chi connectivity index (χ2n) is 10.6. The van der Waals surface area contributed by atoms with E-state index in [9.17, 15) is 14.4 Å². The van der Waals surface area contributed by atoms with E-state index in [1.807, 2.05) is 79.7 Å². The molecule has 1 fully saturated rings. The molecule has 0 aromatic heterocycles. The molecule has 8 nitrogen and oxygen atoms in total. The Balaban J connectivity index is 1.30. The number of thioether (sulfide) groups is 1. The molecule has 1 aliphatic heterocycles. The number of rotatable bonds is 11. The SMILES string of the molecule is CCOc1cc(CCC(=O)NC[C@H]2S[C@@H](c3ccc(C#Cc4ccccc4)cc3)N(c3cccc(C(N)=O)c3)C2=O)ccc1OC. The van der Waals surface area contributed by atoms with Crippen molar-refractivity contribution in [1.29, 1.82) is 0 Å². The highest BCUT2D eigenvalue weighted by molar-refractivity contribution is 8.01. The summed E-state index contributed by atoms with van der Waals surface area (Å²) in [5.41, 5.74) is 10.0. The quantitative estimate of drug-likeness (QED) is 0.212. The van der Waals surface area contributed by atoms with Crippen molar-refractivity contribution in [1.82, 2.24) is 5.32 Å². The van der Waals surface area contributed by atoms with E-state index in [0.29, 0.717) is 35.8 Å². The van der Waals surface area contributed by atoms with Crippen LogP contribution in [0.25, 0.3) is 0 Å². The fourth-order valence-corrected chi connectivity index (χ4v) is 6.46. The van der Waals surface area contributed by atoms with Crippen LogP contribution in [0.3, 0.4) is 0 Å². The highest BCUT2D eigenvalue weighted by atomic mass is 32.2. The summed E-state index contributed by atoms with van der Waals surface area (Å²) in [6.07, 6.45) is 0.762. The van der Waals surface area contributed by atoms with Gasteiger partial charge in [0.2, 0.25) is 17.7 Å². The number of benzene rings is 4. The lowest BCUT2D eigenvalue weighted by Crippen LogP contribution is -2.38. The van der Waals surface area contributed by atoms with Crippen LogP contribution in [0.2, 0.25) is 0 Å². The molecule has 4 aromatic carbocycles. The second-order valence-corrected chi connectivity index (χ2v) is 11.8. The van der Waals surface area contributed by atoms with Crippen molar-refractivity contribution in [2.24, 2.45) is 5.73 Å². The van der Waals surface area contributed by atoms with E-state index >= 15 is 0 Å². The number of carbonyl (C=O) groups excluding carboxylic acids is 3. The number of primary amides is 1. The van der Waals surface area contributed by atoms with Crippen LogP contribution in [0.1, 0.15) is 51.3 Å². The third-order valence-electron chi connectivity index (χ3n) is 7.42. The van der Waals surface area contributed by atoms with Gasteiger partial charge in [-0.1, -0.05) is 54.3 Å². The van der Waals surface area contributed by atoms with E-state index in [1.165, 1.54) is 11.8 Å². The molecule has 4 aromatic rings. The summed E-state index contributed by atoms with van der Waals surface area (Å²) in [5, 5.41) is 2.03. The van der Waals surface area contributed by atoms with Crippen LogP contribution in [0.15, 0.2) is 97.1 Å². The number of nitrogens with zero attached hydrogens (tertiary/aromatic N) is 1. The van der Waals surface area contributed by atoms with Crippen molar-refractivity contribution in [3.05, 3.63) is 125 Å². The lowest BCUT2D eigenvalue weighted by Gasteiger charge is -2.24. The van der Waals surface area contributed by atoms with Gasteiger partial charge in [0.25, 0.3) is 0 Å². The summed E-state index contributed by atoms with van der Waals surface area (Å²) in [7, 11) is 1.59. The highest BCUT2D eigenvalue weighted by Crippen LogP contribution is 2.45. The smallest absolute Gasteiger partial charge is 0.248 e. The molecule has 0 spiro atoms. The summed E-state index contributed by atoms with van der Waals surface area (Å²) < 4.78 is 11.0. The van der Waals surface area contributed by atoms with Gasteiger partial charge in [-0.3, -0.25) is 19.3 Å². The molecule has 3 N–H and O–H groups in total. The van der Waals surface area contributed by atoms with E-state index in [-0.39, 0.29) is 30.2 Å². The zero-order chi connectivity index (χ0) is 32.5. The first-order valence-electron chi connectivity index (χ1n) is 15.0. The second kappa shape index (κ2) is 15.2. The molecule has 2 atom stereocenters. The Kier molecular flexibility index (Phi) is 10.6. The van der Waals surface area contributed by atoms with Gasteiger partial charge in [0.15, 0.2) is 11.5 Å². The van der Waals surface area contributed by atoms with E-state index in [4.69, 9.17) is 15.2 Å². The lowest BCUT2D eigenvalue weighted by molar-refractivity contribution is -0.121. The minimum Gasteiger partial charge on any atom is -0.493 e. The average molecular weight is 634 g/mol. The van der Waals surface area contributed by atoms with Crippen molar-refractivity contribution >= 4 is 35.2 Å². The normalized spacial score (nSPS) is 15.5. The van der Waals surface area contributed by atoms with E-state index in [1.54, 1.807) is 36.3 Å². The predicted octanol–water partition coefficient (Wildman–Crippen LogP) is 5.49. The molecule has 1 aliphatic rings. The number of anilines is 1. The van der Waals surface area contributed by atoms with Gasteiger partial charge in [-0.25, -0.2) is 0 Å². The number of nitrogens with one attached hydrogen (secondary N) is 1. The van der Waals surface area contributed by atoms with E-state index in [2.05, 4.69) is 17.2 Å². The summed E-state index contributed by atoms with van der Waals surface area (Å²) in [6, 6.07) is 29.9. The van der Waals surface area contributed by atoms with Gasteiger partial charge in [-0.15, -0.1) is 11.8 Å². The topological polar surface area (TPSA) is 111 Å². The maximum Gasteiger partial charge on any atom is 0.248 e. The van der Waals surface area contributed by atoms with Gasteiger partial charge in [-0.2, -0.15) is 0 Å². The fraction of sp³-hybridized carbons (Fsp3) is 0.216. The molecular formula is C37H35N3O5S. The van der Waals surface area contributed by atoms with Gasteiger partial charge in [-0.05, 0) is 79.1 Å². The van der Waals surface area contributed by atoms with Crippen molar-refractivity contribution in [2.75, 3.05) is 25.2 Å². The lowest BCUT2D eigenvalue weighted by atomic mass is 10.1. The number of nitrogens with two attached hydrogens (primary N) is 1. The molecule has 5 rings (SSSR count). The zero-order valence-corrected chi connectivity index (χ0v) is 26.5. The van der Waals surface area contributed by atoms with E-state index in [0.717, 1.165) is 22.3 Å². The maximum absolute atomic E-state index is 13.8. The van der Waals surface area contributed by atoms with Gasteiger partial charge in [0.05, 0.1) is 13.7 Å². The third kappa shape index (κ3) is 7.89. The minimum absolute atomic E-state index is 0.158. The average Bonchev–Trinajstić information content (AvgIpc) is 3.42. The van der Waals surface area contributed by atoms with Crippen molar-refractivity contribution in [2.45, 2.75) is 30.4 Å². The Morgan fingerprint density at radius 1 is 0.913 bits per heavy atom. The number of aryl methyl sites for hydroxylation is 1. The molecule has 1 heterocycles. The van der Waals surface area contributed by atoms with Gasteiger partial charge in [0, 0.05) is 35.3 Å². The molecule has 46 heavy (non-hydrogen) atoms. The molecule has 0 radical (unpaired) electrons. The summed E-state index contributed by atoms with van der Waals surface area (Å²) >= 11 is 1.45. The van der Waals surface area contributed by atoms with E-state index < -0.39 is 11.2 Å². The number of carbonyl (C=O) groups is 3. The van der Waals surface area contributed by atoms with Gasteiger partial charge in [0.1, 0.15) is 10.6 Å². The Hall–Kier alpha value is -5.20. The number of methoxy groups -OCH3 is 1. The number of amides is 3. The Labute approximate surface area is 273 Å².